The number of carbonyl (C=O) groups is 2. The van der Waals surface area contributed by atoms with Crippen molar-refractivity contribution in [3.8, 4) is 46.4 Å². The Morgan fingerprint density at radius 1 is 0.516 bits per heavy atom. The van der Waals surface area contributed by atoms with Crippen LogP contribution in [0.3, 0.4) is 0 Å². The predicted molar refractivity (Wildman–Crippen MR) is 322 cm³/mol. The lowest BCUT2D eigenvalue weighted by Crippen LogP contribution is -2.27. The summed E-state index contributed by atoms with van der Waals surface area (Å²) in [6, 6.07) is 23.2. The molecule has 0 N–H and O–H groups in total. The molecule has 0 spiro atoms. The van der Waals surface area contributed by atoms with Crippen molar-refractivity contribution >= 4 is 57.2 Å². The molecular weight excluding hydrogens is 1260 g/mol. The number of halogens is 10. The number of ether oxygens (including phenoxy) is 5. The van der Waals surface area contributed by atoms with Crippen molar-refractivity contribution in [2.24, 2.45) is 10.8 Å². The number of pyridine rings is 2. The van der Waals surface area contributed by atoms with E-state index < -0.39 is 117 Å². The summed E-state index contributed by atoms with van der Waals surface area (Å²) in [5, 5.41) is 18.2. The van der Waals surface area contributed by atoms with Gasteiger partial charge in [0.25, 0.3) is 11.8 Å². The van der Waals surface area contributed by atoms with Crippen LogP contribution in [-0.2, 0) is 40.3 Å². The highest BCUT2D eigenvalue weighted by Crippen LogP contribution is 2.44. The molecule has 0 saturated carbocycles. The Labute approximate surface area is 534 Å². The second-order valence-electron chi connectivity index (χ2n) is 23.7. The van der Waals surface area contributed by atoms with Crippen LogP contribution in [0.2, 0.25) is 10.0 Å². The minimum Gasteiger partial charge on any atom is -0.471 e. The van der Waals surface area contributed by atoms with Crippen molar-refractivity contribution in [1.29, 1.82) is 10.5 Å². The fourth-order valence-electron chi connectivity index (χ4n) is 11.4. The number of carbonyl (C=O) groups excluding carboxylic acids is 2. The van der Waals surface area contributed by atoms with Gasteiger partial charge in [-0.25, -0.2) is 64.6 Å². The summed E-state index contributed by atoms with van der Waals surface area (Å²) >= 11 is 13.7. The van der Waals surface area contributed by atoms with Gasteiger partial charge in [0.05, 0.1) is 95.3 Å². The number of benzene rings is 6. The van der Waals surface area contributed by atoms with Crippen LogP contribution in [0.15, 0.2) is 109 Å². The van der Waals surface area contributed by atoms with Gasteiger partial charge in [-0.2, -0.15) is 10.5 Å². The maximum absolute atomic E-state index is 16.5. The lowest BCUT2D eigenvalue weighted by molar-refractivity contribution is 0.0397. The van der Waals surface area contributed by atoms with Gasteiger partial charge in [0.2, 0.25) is 0 Å². The Kier molecular flexibility index (Phi) is 17.1. The first-order chi connectivity index (χ1) is 44.4. The van der Waals surface area contributed by atoms with Gasteiger partial charge in [-0.3, -0.25) is 0 Å². The molecule has 472 valence electrons. The molecule has 25 heteroatoms. The quantitative estimate of drug-likeness (QED) is 0.0505. The number of imidazole rings is 2. The van der Waals surface area contributed by atoms with Gasteiger partial charge in [0, 0.05) is 56.0 Å². The molecule has 6 aromatic carbocycles. The highest BCUT2D eigenvalue weighted by Gasteiger charge is 2.41. The maximum Gasteiger partial charge on any atom is 0.346 e. The fourth-order valence-corrected chi connectivity index (χ4v) is 11.9. The molecule has 15 nitrogen and oxygen atoms in total. The van der Waals surface area contributed by atoms with E-state index in [0.29, 0.717) is 0 Å². The third-order valence-electron chi connectivity index (χ3n) is 16.5. The van der Waals surface area contributed by atoms with E-state index in [1.54, 1.807) is 9.13 Å². The number of hydrogen-bond acceptors (Lipinski definition) is 13. The Morgan fingerprint density at radius 2 is 0.925 bits per heavy atom. The summed E-state index contributed by atoms with van der Waals surface area (Å²) in [4.78, 5) is 45.8. The highest BCUT2D eigenvalue weighted by atomic mass is 35.5. The maximum atomic E-state index is 16.5. The molecule has 12 rings (SSSR count). The number of aromatic nitrogens is 6. The third kappa shape index (κ3) is 12.4. The summed E-state index contributed by atoms with van der Waals surface area (Å²) in [5.41, 5.74) is -2.33. The van der Waals surface area contributed by atoms with Crippen LogP contribution >= 0.6 is 23.2 Å². The summed E-state index contributed by atoms with van der Waals surface area (Å²) in [6.45, 7) is 7.40. The zero-order chi connectivity index (χ0) is 65.9. The van der Waals surface area contributed by atoms with Gasteiger partial charge >= 0.3 is 11.9 Å². The first-order valence-corrected chi connectivity index (χ1v) is 29.4. The Bertz CT molecular complexity index is 4540. The molecule has 0 radical (unpaired) electrons. The van der Waals surface area contributed by atoms with Crippen molar-refractivity contribution < 1.29 is 68.4 Å². The monoisotopic (exact) mass is 1310 g/mol. The number of rotatable bonds is 16. The molecule has 2 aliphatic heterocycles. The van der Waals surface area contributed by atoms with Gasteiger partial charge in [-0.15, -0.1) is 0 Å². The van der Waals surface area contributed by atoms with Crippen LogP contribution in [0.5, 0.6) is 11.8 Å². The number of hydrogen-bond donors (Lipinski definition) is 0. The average Bonchev–Trinajstić information content (AvgIpc) is 1.61. The number of nitrogens with zero attached hydrogens (tertiary/aromatic N) is 8. The van der Waals surface area contributed by atoms with E-state index in [9.17, 15) is 27.2 Å². The summed E-state index contributed by atoms with van der Waals surface area (Å²) in [5.74, 6) is -10.5. The van der Waals surface area contributed by atoms with E-state index in [-0.39, 0.29) is 139 Å². The molecule has 10 aromatic rings. The molecule has 2 aliphatic rings. The Morgan fingerprint density at radius 3 is 1.29 bits per heavy atom. The summed E-state index contributed by atoms with van der Waals surface area (Å²) < 4.78 is 156. The SMILES string of the molecule is CC1(C)COCC1n1c(Cc2cc(F)c(-c3ccc(F)c(OCc4ccc(C#N)cc4F)n3)cc2Cl)nc2c(F)cc(C(=O)OC(=O)c3cc(F)c4nc(Cc5cc(F)c(-c6ccc(F)c(OCc7ccc(C#N)cc7F)n6)cc5Cl)n(C5COCC5(C)C)c4c3)cc21. The van der Waals surface area contributed by atoms with Crippen molar-refractivity contribution in [3.05, 3.63) is 222 Å². The normalized spacial score (nSPS) is 15.8. The molecule has 2 saturated heterocycles. The Balaban J connectivity index is 0.813. The fraction of sp³-hybridized carbons (Fsp3) is 0.235. The molecule has 4 aromatic heterocycles. The van der Waals surface area contributed by atoms with Crippen LogP contribution in [0.25, 0.3) is 44.6 Å². The van der Waals surface area contributed by atoms with Gasteiger partial charge < -0.3 is 32.8 Å². The molecule has 2 fully saturated rings. The van der Waals surface area contributed by atoms with Crippen molar-refractivity contribution in [1.82, 2.24) is 29.1 Å². The average molecular weight is 1310 g/mol. The molecule has 0 aliphatic carbocycles. The van der Waals surface area contributed by atoms with Gasteiger partial charge in [0.15, 0.2) is 23.3 Å². The lowest BCUT2D eigenvalue weighted by atomic mass is 9.87. The van der Waals surface area contributed by atoms with E-state index in [4.69, 9.17) is 57.4 Å². The predicted octanol–water partition coefficient (Wildman–Crippen LogP) is 15.2. The Hall–Kier alpha value is -9.78. The summed E-state index contributed by atoms with van der Waals surface area (Å²) in [6.07, 6.45) is -0.407. The van der Waals surface area contributed by atoms with Crippen molar-refractivity contribution in [3.63, 3.8) is 0 Å². The van der Waals surface area contributed by atoms with Gasteiger partial charge in [0.1, 0.15) is 59.2 Å². The van der Waals surface area contributed by atoms with Crippen LogP contribution in [0.1, 0.15) is 106 Å². The molecule has 2 unspecified atom stereocenters. The number of fused-ring (bicyclic) bond motifs is 2. The van der Waals surface area contributed by atoms with Crippen LogP contribution in [0, 0.1) is 80.0 Å². The largest absolute Gasteiger partial charge is 0.471 e. The van der Waals surface area contributed by atoms with E-state index in [1.165, 1.54) is 60.7 Å². The number of nitriles is 2. The topological polar surface area (TPSA) is 189 Å². The molecular formula is C68H48Cl2F8N8O7. The molecule has 6 heterocycles. The zero-order valence-electron chi connectivity index (χ0n) is 49.4. The third-order valence-corrected chi connectivity index (χ3v) is 17.2. The second-order valence-corrected chi connectivity index (χ2v) is 24.6. The second kappa shape index (κ2) is 25.0. The first kappa shape index (κ1) is 63.4. The number of esters is 2. The highest BCUT2D eigenvalue weighted by molar-refractivity contribution is 6.32. The van der Waals surface area contributed by atoms with Gasteiger partial charge in [-0.1, -0.05) is 63.0 Å². The van der Waals surface area contributed by atoms with E-state index >= 15 is 17.6 Å². The van der Waals surface area contributed by atoms with E-state index in [2.05, 4.69) is 19.9 Å². The van der Waals surface area contributed by atoms with E-state index in [0.717, 1.165) is 48.5 Å². The van der Waals surface area contributed by atoms with Gasteiger partial charge in [-0.05, 0) is 108 Å². The molecule has 2 atom stereocenters. The van der Waals surface area contributed by atoms with Crippen LogP contribution < -0.4 is 9.47 Å². The molecule has 93 heavy (non-hydrogen) atoms. The standard InChI is InChI=1S/C68H48Cl2F8N8O7/c1-67(2)31-89-29-57(67)85-55-19-39(17-51(77)61(55)83-59(85)21-37-15-49(75)41(23-43(37)69)53-11-9-45(71)63(81-53)91-27-35-7-5-33(25-79)13-47(35)73)65(87)93-66(88)40-18-52(78)62-56(20-40)86(58-30-90-32-68(58,3)4)60(84-62)22-38-16-50(76)42(24-44(38)70)54-12-10-46(72)64(82-54)92-28-36-8-6-34(26-80)14-48(36)74/h5-20,23-24,57-58H,21-22,27-32H2,1-4H3. The lowest BCUT2D eigenvalue weighted by Gasteiger charge is -2.28. The molecule has 0 bridgehead atoms. The van der Waals surface area contributed by atoms with Crippen molar-refractivity contribution in [2.75, 3.05) is 26.4 Å². The minimum absolute atomic E-state index is 0.00687. The van der Waals surface area contributed by atoms with Crippen molar-refractivity contribution in [2.45, 2.75) is 65.8 Å². The van der Waals surface area contributed by atoms with Crippen LogP contribution in [-0.4, -0.2) is 67.4 Å². The van der Waals surface area contributed by atoms with E-state index in [1.807, 2.05) is 39.8 Å². The smallest absolute Gasteiger partial charge is 0.346 e. The zero-order valence-corrected chi connectivity index (χ0v) is 50.9. The molecule has 0 amide bonds. The summed E-state index contributed by atoms with van der Waals surface area (Å²) in [7, 11) is 0. The first-order valence-electron chi connectivity index (χ1n) is 28.6. The minimum atomic E-state index is -1.32. The van der Waals surface area contributed by atoms with Crippen LogP contribution in [0.4, 0.5) is 35.1 Å².